The highest BCUT2D eigenvalue weighted by Gasteiger charge is 2.23. The summed E-state index contributed by atoms with van der Waals surface area (Å²) in [7, 11) is -4.18. The maximum atomic E-state index is 13.1. The van der Waals surface area contributed by atoms with Crippen molar-refractivity contribution in [3.05, 3.63) is 52.0 Å². The zero-order valence-corrected chi connectivity index (χ0v) is 12.5. The van der Waals surface area contributed by atoms with Crippen molar-refractivity contribution >= 4 is 44.6 Å². The number of nitrogen functional groups attached to an aromatic ring is 1. The van der Waals surface area contributed by atoms with Gasteiger partial charge in [-0.25, -0.2) is 17.2 Å². The Morgan fingerprint density at radius 3 is 2.10 bits per heavy atom. The molecule has 112 valence electrons. The fraction of sp³-hybridized carbons (Fsp3) is 0. The average Bonchev–Trinajstić information content (AvgIpc) is 2.31. The summed E-state index contributed by atoms with van der Waals surface area (Å²) in [6.45, 7) is 0. The second kappa shape index (κ2) is 5.67. The van der Waals surface area contributed by atoms with E-state index >= 15 is 0 Å². The lowest BCUT2D eigenvalue weighted by atomic mass is 10.3. The van der Waals surface area contributed by atoms with E-state index < -0.39 is 26.6 Å². The van der Waals surface area contributed by atoms with Gasteiger partial charge in [-0.1, -0.05) is 23.2 Å². The molecule has 21 heavy (non-hydrogen) atoms. The summed E-state index contributed by atoms with van der Waals surface area (Å²) in [5, 5.41) is -0.370. The highest BCUT2D eigenvalue weighted by molar-refractivity contribution is 7.93. The number of anilines is 2. The smallest absolute Gasteiger partial charge is 0.264 e. The number of halogens is 4. The van der Waals surface area contributed by atoms with E-state index in [1.807, 2.05) is 0 Å². The first-order valence-corrected chi connectivity index (χ1v) is 7.67. The van der Waals surface area contributed by atoms with Crippen molar-refractivity contribution in [1.29, 1.82) is 0 Å². The zero-order valence-electron chi connectivity index (χ0n) is 10.2. The Bertz CT molecular complexity index is 790. The minimum Gasteiger partial charge on any atom is -0.399 e. The summed E-state index contributed by atoms with van der Waals surface area (Å²) >= 11 is 11.6. The molecule has 3 N–H and O–H groups in total. The highest BCUT2D eigenvalue weighted by atomic mass is 35.5. The van der Waals surface area contributed by atoms with Crippen LogP contribution in [0.15, 0.2) is 35.2 Å². The molecule has 2 rings (SSSR count). The Kier molecular flexibility index (Phi) is 4.27. The molecule has 0 radical (unpaired) electrons. The van der Waals surface area contributed by atoms with Crippen LogP contribution in [0.5, 0.6) is 0 Å². The zero-order chi connectivity index (χ0) is 15.8. The topological polar surface area (TPSA) is 72.2 Å². The van der Waals surface area contributed by atoms with Gasteiger partial charge in [-0.3, -0.25) is 4.72 Å². The second-order valence-electron chi connectivity index (χ2n) is 4.05. The van der Waals surface area contributed by atoms with E-state index in [1.54, 1.807) is 0 Å². The van der Waals surface area contributed by atoms with Gasteiger partial charge >= 0.3 is 0 Å². The third-order valence-electron chi connectivity index (χ3n) is 2.46. The normalized spacial score (nSPS) is 11.4. The Labute approximate surface area is 129 Å². The molecule has 0 atom stereocenters. The third kappa shape index (κ3) is 3.37. The van der Waals surface area contributed by atoms with Crippen LogP contribution in [0.1, 0.15) is 0 Å². The van der Waals surface area contributed by atoms with Crippen LogP contribution in [-0.2, 0) is 10.0 Å². The summed E-state index contributed by atoms with van der Waals surface area (Å²) < 4.78 is 52.4. The van der Waals surface area contributed by atoms with E-state index in [1.165, 1.54) is 12.1 Å². The van der Waals surface area contributed by atoms with Crippen molar-refractivity contribution < 1.29 is 17.2 Å². The summed E-state index contributed by atoms with van der Waals surface area (Å²) in [5.74, 6) is -2.29. The summed E-state index contributed by atoms with van der Waals surface area (Å²) in [6.07, 6.45) is 0. The van der Waals surface area contributed by atoms with Crippen molar-refractivity contribution in [3.8, 4) is 0 Å². The fourth-order valence-corrected chi connectivity index (χ4v) is 3.89. The monoisotopic (exact) mass is 352 g/mol. The van der Waals surface area contributed by atoms with Crippen molar-refractivity contribution in [2.75, 3.05) is 10.5 Å². The Morgan fingerprint density at radius 1 is 1.00 bits per heavy atom. The number of hydrogen-bond acceptors (Lipinski definition) is 3. The van der Waals surface area contributed by atoms with Crippen molar-refractivity contribution in [2.24, 2.45) is 0 Å². The van der Waals surface area contributed by atoms with E-state index in [2.05, 4.69) is 4.72 Å². The molecular weight excluding hydrogens is 345 g/mol. The summed E-state index contributed by atoms with van der Waals surface area (Å²) in [5.41, 5.74) is 5.51. The summed E-state index contributed by atoms with van der Waals surface area (Å²) in [6, 6.07) is 4.99. The molecule has 0 aliphatic rings. The molecule has 0 saturated heterocycles. The number of nitrogens with one attached hydrogen (secondary N) is 1. The molecule has 9 heteroatoms. The van der Waals surface area contributed by atoms with E-state index in [0.29, 0.717) is 6.07 Å². The van der Waals surface area contributed by atoms with Crippen LogP contribution >= 0.6 is 23.2 Å². The second-order valence-corrected chi connectivity index (χ2v) is 6.48. The minimum atomic E-state index is -4.18. The average molecular weight is 353 g/mol. The van der Waals surface area contributed by atoms with E-state index in [9.17, 15) is 17.2 Å². The van der Waals surface area contributed by atoms with Gasteiger partial charge in [0.25, 0.3) is 10.0 Å². The molecule has 4 nitrogen and oxygen atoms in total. The predicted octanol–water partition coefficient (Wildman–Crippen LogP) is 3.65. The van der Waals surface area contributed by atoms with Crippen molar-refractivity contribution in [1.82, 2.24) is 0 Å². The lowest BCUT2D eigenvalue weighted by Gasteiger charge is -2.12. The largest absolute Gasteiger partial charge is 0.399 e. The first-order valence-electron chi connectivity index (χ1n) is 5.43. The molecule has 2 aromatic rings. The molecule has 0 aliphatic heterocycles. The number of benzene rings is 2. The molecule has 2 aromatic carbocycles. The van der Waals surface area contributed by atoms with Gasteiger partial charge in [0.15, 0.2) is 11.6 Å². The molecule has 0 amide bonds. The Balaban J connectivity index is 2.46. The standard InChI is InChI=1S/C12H8Cl2F2N2O2S/c13-8-3-6(17)4-9(14)12(8)21(19,20)18-7-1-2-10(15)11(16)5-7/h1-5,18H,17H2. The quantitative estimate of drug-likeness (QED) is 0.828. The maximum absolute atomic E-state index is 13.1. The SMILES string of the molecule is Nc1cc(Cl)c(S(=O)(=O)Nc2ccc(F)c(F)c2)c(Cl)c1. The van der Waals surface area contributed by atoms with Gasteiger partial charge in [0.2, 0.25) is 0 Å². The molecule has 0 bridgehead atoms. The minimum absolute atomic E-state index is 0.169. The van der Waals surface area contributed by atoms with Gasteiger partial charge in [0.05, 0.1) is 15.7 Å². The molecule has 0 heterocycles. The molecule has 0 fully saturated rings. The number of hydrogen-bond donors (Lipinski definition) is 2. The number of rotatable bonds is 3. The summed E-state index contributed by atoms with van der Waals surface area (Å²) in [4.78, 5) is -0.398. The van der Waals surface area contributed by atoms with Crippen molar-refractivity contribution in [2.45, 2.75) is 4.90 Å². The first-order chi connectivity index (χ1) is 9.70. The lowest BCUT2D eigenvalue weighted by Crippen LogP contribution is -2.14. The van der Waals surface area contributed by atoms with E-state index in [-0.39, 0.29) is 21.4 Å². The lowest BCUT2D eigenvalue weighted by molar-refractivity contribution is 0.509. The van der Waals surface area contributed by atoms with Crippen LogP contribution in [0.3, 0.4) is 0 Å². The van der Waals surface area contributed by atoms with Gasteiger partial charge in [-0.05, 0) is 24.3 Å². The van der Waals surface area contributed by atoms with Crippen LogP contribution in [0.4, 0.5) is 20.2 Å². The van der Waals surface area contributed by atoms with Crippen LogP contribution < -0.4 is 10.5 Å². The Morgan fingerprint density at radius 2 is 1.57 bits per heavy atom. The number of nitrogens with two attached hydrogens (primary N) is 1. The number of sulfonamides is 1. The van der Waals surface area contributed by atoms with Gasteiger partial charge in [-0.15, -0.1) is 0 Å². The fourth-order valence-electron chi connectivity index (χ4n) is 1.60. The van der Waals surface area contributed by atoms with E-state index in [0.717, 1.165) is 12.1 Å². The van der Waals surface area contributed by atoms with Crippen LogP contribution in [0.25, 0.3) is 0 Å². The van der Waals surface area contributed by atoms with Gasteiger partial charge in [0.1, 0.15) is 4.90 Å². The van der Waals surface area contributed by atoms with Crippen LogP contribution in [0.2, 0.25) is 10.0 Å². The third-order valence-corrected chi connectivity index (χ3v) is 4.76. The van der Waals surface area contributed by atoms with Crippen LogP contribution in [-0.4, -0.2) is 8.42 Å². The van der Waals surface area contributed by atoms with Crippen LogP contribution in [0, 0.1) is 11.6 Å². The molecule has 0 unspecified atom stereocenters. The van der Waals surface area contributed by atoms with Crippen molar-refractivity contribution in [3.63, 3.8) is 0 Å². The van der Waals surface area contributed by atoms with Gasteiger partial charge in [0, 0.05) is 11.8 Å². The van der Waals surface area contributed by atoms with Gasteiger partial charge < -0.3 is 5.73 Å². The van der Waals surface area contributed by atoms with Gasteiger partial charge in [-0.2, -0.15) is 0 Å². The molecular formula is C12H8Cl2F2N2O2S. The molecule has 0 aliphatic carbocycles. The first kappa shape index (κ1) is 15.8. The predicted molar refractivity (Wildman–Crippen MR) is 78.0 cm³/mol. The van der Waals surface area contributed by atoms with E-state index in [4.69, 9.17) is 28.9 Å². The molecule has 0 spiro atoms. The molecule has 0 aromatic heterocycles. The highest BCUT2D eigenvalue weighted by Crippen LogP contribution is 2.33. The molecule has 0 saturated carbocycles. The Hall–Kier alpha value is -1.57. The maximum Gasteiger partial charge on any atom is 0.264 e.